The van der Waals surface area contributed by atoms with Gasteiger partial charge in [-0.05, 0) is 23.8 Å². The minimum Gasteiger partial charge on any atom is -0.267 e. The van der Waals surface area contributed by atoms with Crippen LogP contribution in [-0.2, 0) is 6.54 Å². The number of hydrogen-bond acceptors (Lipinski definition) is 2. The summed E-state index contributed by atoms with van der Waals surface area (Å²) >= 11 is 0. The summed E-state index contributed by atoms with van der Waals surface area (Å²) in [5, 5.41) is 5.79. The van der Waals surface area contributed by atoms with Crippen molar-refractivity contribution in [3.63, 3.8) is 0 Å². The minimum atomic E-state index is -0.945. The van der Waals surface area contributed by atoms with E-state index in [1.807, 2.05) is 42.5 Å². The molecule has 0 fully saturated rings. The third-order valence-corrected chi connectivity index (χ3v) is 4.23. The molecule has 26 heavy (non-hydrogen) atoms. The van der Waals surface area contributed by atoms with Crippen molar-refractivity contribution in [1.82, 2.24) is 9.78 Å². The van der Waals surface area contributed by atoms with Crippen molar-refractivity contribution in [2.24, 2.45) is 0 Å². The predicted molar refractivity (Wildman–Crippen MR) is 96.9 cm³/mol. The molecule has 0 aliphatic rings. The van der Waals surface area contributed by atoms with E-state index in [1.54, 1.807) is 12.1 Å². The van der Waals surface area contributed by atoms with Crippen molar-refractivity contribution >= 4 is 10.8 Å². The van der Waals surface area contributed by atoms with E-state index < -0.39 is 11.6 Å². The topological polar surface area (TPSA) is 34.9 Å². The molecule has 1 heterocycles. The van der Waals surface area contributed by atoms with E-state index in [9.17, 15) is 13.6 Å². The van der Waals surface area contributed by atoms with Crippen LogP contribution in [-0.4, -0.2) is 9.78 Å². The molecule has 128 valence electrons. The van der Waals surface area contributed by atoms with Crippen LogP contribution in [0.15, 0.2) is 77.6 Å². The van der Waals surface area contributed by atoms with Crippen molar-refractivity contribution in [3.05, 3.63) is 100 Å². The molecule has 3 nitrogen and oxygen atoms in total. The van der Waals surface area contributed by atoms with Gasteiger partial charge in [0.05, 0.1) is 17.6 Å². The molecule has 0 aliphatic carbocycles. The summed E-state index contributed by atoms with van der Waals surface area (Å²) in [4.78, 5) is 12.8. The van der Waals surface area contributed by atoms with Crippen LogP contribution in [0.3, 0.4) is 0 Å². The van der Waals surface area contributed by atoms with Crippen LogP contribution in [0.2, 0.25) is 0 Å². The number of nitrogens with zero attached hydrogens (tertiary/aromatic N) is 2. The van der Waals surface area contributed by atoms with Gasteiger partial charge in [-0.2, -0.15) is 5.10 Å². The zero-order valence-electron chi connectivity index (χ0n) is 13.7. The first-order valence-corrected chi connectivity index (χ1v) is 8.13. The summed E-state index contributed by atoms with van der Waals surface area (Å²) in [6.45, 7) is 0.0563. The third kappa shape index (κ3) is 2.88. The summed E-state index contributed by atoms with van der Waals surface area (Å²) in [5.41, 5.74) is 1.74. The van der Waals surface area contributed by atoms with E-state index in [1.165, 1.54) is 10.7 Å². The van der Waals surface area contributed by atoms with Gasteiger partial charge in [0.25, 0.3) is 5.56 Å². The highest BCUT2D eigenvalue weighted by atomic mass is 19.2. The van der Waals surface area contributed by atoms with Crippen LogP contribution in [0.4, 0.5) is 8.78 Å². The monoisotopic (exact) mass is 348 g/mol. The quantitative estimate of drug-likeness (QED) is 0.550. The maximum atomic E-state index is 13.5. The Hall–Kier alpha value is -3.34. The first kappa shape index (κ1) is 16.1. The molecular weight excluding hydrogens is 334 g/mol. The van der Waals surface area contributed by atoms with Gasteiger partial charge >= 0.3 is 0 Å². The standard InChI is InChI=1S/C21H14F2N2O/c22-18-11-10-14(12-19(18)23)13-25-21(26)17-9-5-4-8-16(17)20(24-25)15-6-2-1-3-7-15/h1-12H,13H2. The summed E-state index contributed by atoms with van der Waals surface area (Å²) < 4.78 is 27.9. The van der Waals surface area contributed by atoms with Gasteiger partial charge in [0.1, 0.15) is 0 Å². The molecule has 0 amide bonds. The number of aromatic nitrogens is 2. The van der Waals surface area contributed by atoms with Gasteiger partial charge in [-0.15, -0.1) is 0 Å². The first-order valence-electron chi connectivity index (χ1n) is 8.13. The second-order valence-corrected chi connectivity index (χ2v) is 5.97. The molecule has 0 aliphatic heterocycles. The van der Waals surface area contributed by atoms with Gasteiger partial charge < -0.3 is 0 Å². The molecule has 0 spiro atoms. The van der Waals surface area contributed by atoms with Crippen molar-refractivity contribution in [2.45, 2.75) is 6.54 Å². The van der Waals surface area contributed by atoms with Gasteiger partial charge in [0, 0.05) is 10.9 Å². The average molecular weight is 348 g/mol. The lowest BCUT2D eigenvalue weighted by Gasteiger charge is -2.11. The number of fused-ring (bicyclic) bond motifs is 1. The molecule has 0 atom stereocenters. The normalized spacial score (nSPS) is 11.0. The van der Waals surface area contributed by atoms with Gasteiger partial charge in [-0.1, -0.05) is 54.6 Å². The second kappa shape index (κ2) is 6.52. The Balaban J connectivity index is 1.91. The Bertz CT molecular complexity index is 1150. The number of halogens is 2. The van der Waals surface area contributed by atoms with Gasteiger partial charge in [0.2, 0.25) is 0 Å². The minimum absolute atomic E-state index is 0.0563. The predicted octanol–water partition coefficient (Wildman–Crippen LogP) is 4.39. The highest BCUT2D eigenvalue weighted by Crippen LogP contribution is 2.24. The molecule has 0 saturated heterocycles. The molecule has 0 radical (unpaired) electrons. The summed E-state index contributed by atoms with van der Waals surface area (Å²) in [5.74, 6) is -1.86. The van der Waals surface area contributed by atoms with Crippen molar-refractivity contribution in [1.29, 1.82) is 0 Å². The lowest BCUT2D eigenvalue weighted by molar-refractivity contribution is 0.505. The first-order chi connectivity index (χ1) is 12.6. The molecule has 1 aromatic heterocycles. The van der Waals surface area contributed by atoms with E-state index in [0.29, 0.717) is 16.6 Å². The zero-order chi connectivity index (χ0) is 18.1. The maximum absolute atomic E-state index is 13.5. The number of benzene rings is 3. The molecule has 3 aromatic carbocycles. The molecule has 4 rings (SSSR count). The molecule has 0 N–H and O–H groups in total. The smallest absolute Gasteiger partial charge is 0.267 e. The molecule has 4 aromatic rings. The van der Waals surface area contributed by atoms with E-state index in [-0.39, 0.29) is 12.1 Å². The Morgan fingerprint density at radius 2 is 1.50 bits per heavy atom. The number of hydrogen-bond donors (Lipinski definition) is 0. The summed E-state index contributed by atoms with van der Waals surface area (Å²) in [7, 11) is 0. The maximum Gasteiger partial charge on any atom is 0.274 e. The van der Waals surface area contributed by atoms with Gasteiger partial charge in [0.15, 0.2) is 11.6 Å². The molecule has 5 heteroatoms. The van der Waals surface area contributed by atoms with E-state index in [0.717, 1.165) is 23.1 Å². The largest absolute Gasteiger partial charge is 0.274 e. The van der Waals surface area contributed by atoms with E-state index in [2.05, 4.69) is 5.10 Å². The zero-order valence-corrected chi connectivity index (χ0v) is 13.7. The number of rotatable bonds is 3. The van der Waals surface area contributed by atoms with E-state index in [4.69, 9.17) is 0 Å². The Morgan fingerprint density at radius 3 is 2.23 bits per heavy atom. The fraction of sp³-hybridized carbons (Fsp3) is 0.0476. The van der Waals surface area contributed by atoms with Crippen LogP contribution < -0.4 is 5.56 Å². The Kier molecular flexibility index (Phi) is 4.05. The lowest BCUT2D eigenvalue weighted by Crippen LogP contribution is -2.24. The van der Waals surface area contributed by atoms with Crippen LogP contribution in [0.25, 0.3) is 22.0 Å². The van der Waals surface area contributed by atoms with Crippen LogP contribution >= 0.6 is 0 Å². The molecular formula is C21H14F2N2O. The van der Waals surface area contributed by atoms with Gasteiger partial charge in [-0.25, -0.2) is 13.5 Å². The van der Waals surface area contributed by atoms with Crippen LogP contribution in [0.1, 0.15) is 5.56 Å². The fourth-order valence-corrected chi connectivity index (χ4v) is 2.96. The molecule has 0 bridgehead atoms. The van der Waals surface area contributed by atoms with Crippen LogP contribution in [0, 0.1) is 11.6 Å². The second-order valence-electron chi connectivity index (χ2n) is 5.97. The van der Waals surface area contributed by atoms with Crippen molar-refractivity contribution in [3.8, 4) is 11.3 Å². The fourth-order valence-electron chi connectivity index (χ4n) is 2.96. The average Bonchev–Trinajstić information content (AvgIpc) is 2.68. The Labute approximate surface area is 148 Å². The van der Waals surface area contributed by atoms with Gasteiger partial charge in [-0.3, -0.25) is 4.79 Å². The highest BCUT2D eigenvalue weighted by molar-refractivity contribution is 5.93. The lowest BCUT2D eigenvalue weighted by atomic mass is 10.1. The van der Waals surface area contributed by atoms with E-state index >= 15 is 0 Å². The molecule has 0 unspecified atom stereocenters. The highest BCUT2D eigenvalue weighted by Gasteiger charge is 2.13. The Morgan fingerprint density at radius 1 is 0.808 bits per heavy atom. The SMILES string of the molecule is O=c1c2ccccc2c(-c2ccccc2)nn1Cc1ccc(F)c(F)c1. The summed E-state index contributed by atoms with van der Waals surface area (Å²) in [6, 6.07) is 20.4. The van der Waals surface area contributed by atoms with Crippen molar-refractivity contribution < 1.29 is 8.78 Å². The summed E-state index contributed by atoms with van der Waals surface area (Å²) in [6.07, 6.45) is 0. The third-order valence-electron chi connectivity index (χ3n) is 4.23. The van der Waals surface area contributed by atoms with Crippen LogP contribution in [0.5, 0.6) is 0 Å². The van der Waals surface area contributed by atoms with Crippen molar-refractivity contribution in [2.75, 3.05) is 0 Å². The molecule has 0 saturated carbocycles.